The van der Waals surface area contributed by atoms with Gasteiger partial charge in [-0.25, -0.2) is 0 Å². The maximum atomic E-state index is 12.6. The van der Waals surface area contributed by atoms with Gasteiger partial charge < -0.3 is 29.5 Å². The van der Waals surface area contributed by atoms with E-state index in [2.05, 4.69) is 5.32 Å². The molecule has 5 atom stereocenters. The molecule has 8 heteroatoms. The van der Waals surface area contributed by atoms with Crippen LogP contribution in [0.2, 0.25) is 0 Å². The summed E-state index contributed by atoms with van der Waals surface area (Å²) in [5.74, 6) is 0.512. The molecule has 134 valence electrons. The van der Waals surface area contributed by atoms with E-state index in [1.54, 1.807) is 0 Å². The molecule has 1 aromatic rings. The summed E-state index contributed by atoms with van der Waals surface area (Å²) in [5.41, 5.74) is 1.04. The zero-order valence-electron chi connectivity index (χ0n) is 13.8. The number of benzene rings is 1. The van der Waals surface area contributed by atoms with E-state index in [-0.39, 0.29) is 30.0 Å². The lowest BCUT2D eigenvalue weighted by Crippen LogP contribution is -2.46. The van der Waals surface area contributed by atoms with E-state index in [0.717, 1.165) is 30.6 Å². The van der Waals surface area contributed by atoms with Gasteiger partial charge in [0, 0.05) is 17.9 Å². The third-order valence-corrected chi connectivity index (χ3v) is 5.33. The lowest BCUT2D eigenvalue weighted by atomic mass is 9.88. The molecule has 0 aliphatic carbocycles. The Labute approximate surface area is 146 Å². The van der Waals surface area contributed by atoms with Gasteiger partial charge in [0.15, 0.2) is 0 Å². The largest absolute Gasteiger partial charge is 0.635 e. The number of carbonyl (C=O) groups excluding carboxylic acids is 1. The summed E-state index contributed by atoms with van der Waals surface area (Å²) in [7, 11) is -1.95. The number of rotatable bonds is 6. The first-order valence-electron chi connectivity index (χ1n) is 8.79. The molecule has 7 nitrogen and oxygen atoms in total. The summed E-state index contributed by atoms with van der Waals surface area (Å²) in [6, 6.07) is 7.72. The molecule has 1 aromatic carbocycles. The van der Waals surface area contributed by atoms with Crippen molar-refractivity contribution in [3.8, 4) is 5.75 Å². The fraction of sp³-hybridized carbons (Fsp3) is 0.588. The van der Waals surface area contributed by atoms with Gasteiger partial charge in [-0.2, -0.15) is 0 Å². The summed E-state index contributed by atoms with van der Waals surface area (Å²) in [5, 5.41) is 21.2. The van der Waals surface area contributed by atoms with Crippen LogP contribution in [0.15, 0.2) is 24.3 Å². The zero-order valence-corrected chi connectivity index (χ0v) is 13.8. The third-order valence-electron chi connectivity index (χ3n) is 5.33. The molecule has 3 heterocycles. The molecule has 0 unspecified atom stereocenters. The number of para-hydroxylation sites is 1. The van der Waals surface area contributed by atoms with Crippen LogP contribution in [0.1, 0.15) is 37.2 Å². The Hall–Kier alpha value is -1.61. The molecule has 2 bridgehead atoms. The molecule has 0 saturated carbocycles. The Balaban J connectivity index is 1.41. The van der Waals surface area contributed by atoms with Crippen molar-refractivity contribution in [2.24, 2.45) is 5.92 Å². The molecular weight excluding hydrogens is 325 g/mol. The Morgan fingerprint density at radius 1 is 1.36 bits per heavy atom. The minimum Gasteiger partial charge on any atom is -0.493 e. The average Bonchev–Trinajstić information content (AvgIpc) is 3.30. The van der Waals surface area contributed by atoms with E-state index < -0.39 is 13.5 Å². The van der Waals surface area contributed by atoms with Crippen LogP contribution in [0, 0.1) is 5.92 Å². The van der Waals surface area contributed by atoms with Crippen LogP contribution in [0.5, 0.6) is 5.75 Å². The molecule has 2 fully saturated rings. The second-order valence-electron chi connectivity index (χ2n) is 6.96. The maximum absolute atomic E-state index is 12.6. The van der Waals surface area contributed by atoms with Gasteiger partial charge in [-0.1, -0.05) is 18.2 Å². The molecule has 25 heavy (non-hydrogen) atoms. The highest BCUT2D eigenvalue weighted by molar-refractivity contribution is 6.32. The number of amides is 1. The molecule has 2 saturated heterocycles. The topological polar surface area (TPSA) is 97.3 Å². The average molecular weight is 347 g/mol. The number of ether oxygens (including phenoxy) is 2. The van der Waals surface area contributed by atoms with Crippen LogP contribution < -0.4 is 10.1 Å². The summed E-state index contributed by atoms with van der Waals surface area (Å²) >= 11 is 0. The highest BCUT2D eigenvalue weighted by atomic mass is 16.6. The predicted molar refractivity (Wildman–Crippen MR) is 88.5 cm³/mol. The normalized spacial score (nSPS) is 30.6. The van der Waals surface area contributed by atoms with Gasteiger partial charge in [0.2, 0.25) is 5.91 Å². The molecule has 0 spiro atoms. The summed E-state index contributed by atoms with van der Waals surface area (Å²) in [6.07, 6.45) is 2.40. The summed E-state index contributed by atoms with van der Waals surface area (Å²) in [4.78, 5) is 12.6. The summed E-state index contributed by atoms with van der Waals surface area (Å²) in [6.45, 7) is 0.480. The van der Waals surface area contributed by atoms with E-state index in [4.69, 9.17) is 14.1 Å². The van der Waals surface area contributed by atoms with Crippen LogP contribution in [-0.4, -0.2) is 48.3 Å². The zero-order chi connectivity index (χ0) is 17.4. The molecule has 3 N–H and O–H groups in total. The number of nitrogens with one attached hydrogen (secondary N) is 1. The number of carbonyl (C=O) groups is 1. The van der Waals surface area contributed by atoms with Gasteiger partial charge in [-0.05, 0) is 25.3 Å². The Kier molecular flexibility index (Phi) is 4.68. The quantitative estimate of drug-likeness (QED) is 0.514. The molecule has 0 aromatic heterocycles. The summed E-state index contributed by atoms with van der Waals surface area (Å²) < 4.78 is 16.5. The Morgan fingerprint density at radius 2 is 2.20 bits per heavy atom. The smallest absolute Gasteiger partial charge is 0.493 e. The first-order chi connectivity index (χ1) is 12.1. The van der Waals surface area contributed by atoms with Crippen molar-refractivity contribution in [1.82, 2.24) is 5.32 Å². The van der Waals surface area contributed by atoms with Crippen molar-refractivity contribution >= 4 is 13.2 Å². The highest BCUT2D eigenvalue weighted by Crippen LogP contribution is 2.39. The van der Waals surface area contributed by atoms with E-state index in [1.165, 1.54) is 0 Å². The Bertz CT molecular complexity index is 641. The molecule has 3 aliphatic heterocycles. The molecule has 4 rings (SSSR count). The fourth-order valence-corrected chi connectivity index (χ4v) is 4.16. The lowest BCUT2D eigenvalue weighted by molar-refractivity contribution is -0.129. The van der Waals surface area contributed by atoms with Crippen molar-refractivity contribution < 1.29 is 29.0 Å². The van der Waals surface area contributed by atoms with Gasteiger partial charge in [0.25, 0.3) is 0 Å². The van der Waals surface area contributed by atoms with Crippen LogP contribution >= 0.6 is 0 Å². The van der Waals surface area contributed by atoms with Gasteiger partial charge in [0.1, 0.15) is 12.0 Å². The molecule has 0 radical (unpaired) electrons. The van der Waals surface area contributed by atoms with E-state index in [9.17, 15) is 14.8 Å². The van der Waals surface area contributed by atoms with Crippen LogP contribution in [-0.2, 0) is 14.2 Å². The lowest BCUT2D eigenvalue weighted by Gasteiger charge is -2.25. The molecular formula is C17H22BNO6. The predicted octanol–water partition coefficient (Wildman–Crippen LogP) is 0.549. The van der Waals surface area contributed by atoms with Crippen molar-refractivity contribution in [3.05, 3.63) is 29.8 Å². The number of hydrogen-bond donors (Lipinski definition) is 3. The first kappa shape index (κ1) is 16.8. The van der Waals surface area contributed by atoms with Crippen molar-refractivity contribution in [3.63, 3.8) is 0 Å². The SMILES string of the molecule is O=C(N[C@H](C[C@@H]1COc2ccccc21)OB(O)O)[C@H]1C[C@@H]2CC[C@H]1O2. The number of hydrogen-bond acceptors (Lipinski definition) is 6. The van der Waals surface area contributed by atoms with Gasteiger partial charge in [-0.3, -0.25) is 4.79 Å². The second kappa shape index (κ2) is 6.95. The second-order valence-corrected chi connectivity index (χ2v) is 6.96. The monoisotopic (exact) mass is 347 g/mol. The fourth-order valence-electron chi connectivity index (χ4n) is 4.16. The van der Waals surface area contributed by atoms with Crippen LogP contribution in [0.25, 0.3) is 0 Å². The number of fused-ring (bicyclic) bond motifs is 3. The van der Waals surface area contributed by atoms with E-state index in [1.807, 2.05) is 24.3 Å². The minimum absolute atomic E-state index is 0.0246. The Morgan fingerprint density at radius 3 is 2.92 bits per heavy atom. The van der Waals surface area contributed by atoms with E-state index in [0.29, 0.717) is 13.0 Å². The van der Waals surface area contributed by atoms with Crippen molar-refractivity contribution in [1.29, 1.82) is 0 Å². The standard InChI is InChI=1S/C17H22BNO6/c20-17(13-8-11-5-6-15(13)24-11)19-16(25-18(21)22)7-10-9-23-14-4-2-1-3-12(10)14/h1-4,10-11,13,15-16,21-22H,5-9H2,(H,19,20)/t10-,11+,13+,15-,16+/m1/s1. The first-order valence-corrected chi connectivity index (χ1v) is 8.79. The van der Waals surface area contributed by atoms with Gasteiger partial charge >= 0.3 is 7.32 Å². The van der Waals surface area contributed by atoms with Crippen LogP contribution in [0.4, 0.5) is 0 Å². The van der Waals surface area contributed by atoms with Crippen molar-refractivity contribution in [2.45, 2.75) is 50.0 Å². The maximum Gasteiger partial charge on any atom is 0.635 e. The highest BCUT2D eigenvalue weighted by Gasteiger charge is 2.45. The van der Waals surface area contributed by atoms with Crippen molar-refractivity contribution in [2.75, 3.05) is 6.61 Å². The minimum atomic E-state index is -1.95. The van der Waals surface area contributed by atoms with Gasteiger partial charge in [-0.15, -0.1) is 0 Å². The van der Waals surface area contributed by atoms with Crippen LogP contribution in [0.3, 0.4) is 0 Å². The van der Waals surface area contributed by atoms with E-state index >= 15 is 0 Å². The molecule has 1 amide bonds. The van der Waals surface area contributed by atoms with Gasteiger partial charge in [0.05, 0.1) is 24.7 Å². The molecule has 3 aliphatic rings. The third kappa shape index (κ3) is 3.53.